The first-order valence-corrected chi connectivity index (χ1v) is 6.31. The zero-order valence-electron chi connectivity index (χ0n) is 9.71. The molecule has 0 bridgehead atoms. The molecule has 2 rings (SSSR count). The fourth-order valence-corrected chi connectivity index (χ4v) is 2.38. The lowest BCUT2D eigenvalue weighted by molar-refractivity contribution is 0.252. The van der Waals surface area contributed by atoms with E-state index in [1.807, 2.05) is 0 Å². The second-order valence-electron chi connectivity index (χ2n) is 4.52. The van der Waals surface area contributed by atoms with Crippen molar-refractivity contribution in [2.45, 2.75) is 25.7 Å². The number of hydrogen-bond donors (Lipinski definition) is 2. The highest BCUT2D eigenvalue weighted by Crippen LogP contribution is 2.28. The molecule has 3 N–H and O–H groups in total. The summed E-state index contributed by atoms with van der Waals surface area (Å²) in [5.41, 5.74) is 6.13. The number of benzene rings is 1. The van der Waals surface area contributed by atoms with Crippen molar-refractivity contribution in [3.63, 3.8) is 0 Å². The number of rotatable bonds is 4. The monoisotopic (exact) mass is 252 g/mol. The predicted molar refractivity (Wildman–Crippen MR) is 69.9 cm³/mol. The maximum absolute atomic E-state index is 7.49. The largest absolute Gasteiger partial charge is 0.492 e. The van der Waals surface area contributed by atoms with E-state index in [-0.39, 0.29) is 5.84 Å². The third-order valence-electron chi connectivity index (χ3n) is 3.18. The molecule has 1 fully saturated rings. The van der Waals surface area contributed by atoms with Crippen LogP contribution in [0.15, 0.2) is 18.2 Å². The minimum atomic E-state index is 0.0167. The third kappa shape index (κ3) is 3.13. The zero-order chi connectivity index (χ0) is 12.3. The van der Waals surface area contributed by atoms with E-state index in [4.69, 9.17) is 27.5 Å². The summed E-state index contributed by atoms with van der Waals surface area (Å²) < 4.78 is 5.76. The van der Waals surface area contributed by atoms with Crippen molar-refractivity contribution >= 4 is 17.4 Å². The van der Waals surface area contributed by atoms with Gasteiger partial charge in [0, 0.05) is 5.02 Å². The van der Waals surface area contributed by atoms with Gasteiger partial charge in [-0.25, -0.2) is 0 Å². The molecule has 0 heterocycles. The molecule has 1 saturated carbocycles. The van der Waals surface area contributed by atoms with E-state index in [9.17, 15) is 0 Å². The Kier molecular flexibility index (Phi) is 3.89. The van der Waals surface area contributed by atoms with E-state index in [0.29, 0.717) is 28.9 Å². The van der Waals surface area contributed by atoms with Crippen molar-refractivity contribution in [3.05, 3.63) is 28.8 Å². The summed E-state index contributed by atoms with van der Waals surface area (Å²) in [6, 6.07) is 5.18. The molecule has 0 radical (unpaired) electrons. The molecule has 1 aliphatic rings. The molecule has 17 heavy (non-hydrogen) atoms. The SMILES string of the molecule is N=C(N)c1ccc(Cl)cc1OCC1CCCC1. The van der Waals surface area contributed by atoms with Gasteiger partial charge in [-0.3, -0.25) is 5.41 Å². The highest BCUT2D eigenvalue weighted by Gasteiger charge is 2.16. The van der Waals surface area contributed by atoms with E-state index in [1.54, 1.807) is 18.2 Å². The van der Waals surface area contributed by atoms with Crippen molar-refractivity contribution in [3.8, 4) is 5.75 Å². The Hall–Kier alpha value is -1.22. The first-order valence-electron chi connectivity index (χ1n) is 5.93. The maximum atomic E-state index is 7.49. The van der Waals surface area contributed by atoms with Gasteiger partial charge >= 0.3 is 0 Å². The Balaban J connectivity index is 2.07. The smallest absolute Gasteiger partial charge is 0.131 e. The highest BCUT2D eigenvalue weighted by atomic mass is 35.5. The van der Waals surface area contributed by atoms with Crippen molar-refractivity contribution in [1.29, 1.82) is 5.41 Å². The molecule has 0 aliphatic heterocycles. The second-order valence-corrected chi connectivity index (χ2v) is 4.95. The van der Waals surface area contributed by atoms with Crippen LogP contribution in [0.2, 0.25) is 5.02 Å². The van der Waals surface area contributed by atoms with Gasteiger partial charge in [0.1, 0.15) is 11.6 Å². The summed E-state index contributed by atoms with van der Waals surface area (Å²) in [6.07, 6.45) is 5.05. The van der Waals surface area contributed by atoms with Crippen LogP contribution in [-0.2, 0) is 0 Å². The molecule has 1 aliphatic carbocycles. The number of nitrogen functional groups attached to an aromatic ring is 1. The van der Waals surface area contributed by atoms with Gasteiger partial charge in [-0.05, 0) is 37.0 Å². The normalized spacial score (nSPS) is 16.1. The van der Waals surface area contributed by atoms with E-state index in [0.717, 1.165) is 0 Å². The molecule has 92 valence electrons. The number of amidine groups is 1. The van der Waals surface area contributed by atoms with Gasteiger partial charge in [-0.1, -0.05) is 24.4 Å². The quantitative estimate of drug-likeness (QED) is 0.639. The maximum Gasteiger partial charge on any atom is 0.131 e. The first-order chi connectivity index (χ1) is 8.16. The Labute approximate surface area is 106 Å². The van der Waals surface area contributed by atoms with Crippen LogP contribution in [0, 0.1) is 11.3 Å². The third-order valence-corrected chi connectivity index (χ3v) is 3.42. The lowest BCUT2D eigenvalue weighted by Crippen LogP contribution is -2.15. The predicted octanol–water partition coefficient (Wildman–Crippen LogP) is 3.19. The van der Waals surface area contributed by atoms with Crippen LogP contribution < -0.4 is 10.5 Å². The molecule has 0 unspecified atom stereocenters. The van der Waals surface area contributed by atoms with Gasteiger partial charge in [0.25, 0.3) is 0 Å². The van der Waals surface area contributed by atoms with E-state index < -0.39 is 0 Å². The Morgan fingerprint density at radius 3 is 2.76 bits per heavy atom. The molecule has 1 aromatic rings. The molecular formula is C13H17ClN2O. The molecule has 0 aromatic heterocycles. The van der Waals surface area contributed by atoms with Crippen LogP contribution >= 0.6 is 11.6 Å². The van der Waals surface area contributed by atoms with E-state index in [2.05, 4.69) is 0 Å². The summed E-state index contributed by atoms with van der Waals surface area (Å²) in [7, 11) is 0. The first kappa shape index (κ1) is 12.2. The number of nitrogens with two attached hydrogens (primary N) is 1. The summed E-state index contributed by atoms with van der Waals surface area (Å²) >= 11 is 5.93. The molecule has 0 saturated heterocycles. The summed E-state index contributed by atoms with van der Waals surface area (Å²) in [5, 5.41) is 8.10. The lowest BCUT2D eigenvalue weighted by atomic mass is 10.1. The summed E-state index contributed by atoms with van der Waals surface area (Å²) in [6.45, 7) is 0.695. The number of ether oxygens (including phenoxy) is 1. The van der Waals surface area contributed by atoms with Crippen LogP contribution in [0.1, 0.15) is 31.2 Å². The van der Waals surface area contributed by atoms with Gasteiger partial charge in [0.05, 0.1) is 12.2 Å². The van der Waals surface area contributed by atoms with Crippen molar-refractivity contribution < 1.29 is 4.74 Å². The molecular weight excluding hydrogens is 236 g/mol. The number of nitrogens with one attached hydrogen (secondary N) is 1. The fraction of sp³-hybridized carbons (Fsp3) is 0.462. The van der Waals surface area contributed by atoms with Crippen molar-refractivity contribution in [2.75, 3.05) is 6.61 Å². The minimum Gasteiger partial charge on any atom is -0.492 e. The van der Waals surface area contributed by atoms with Crippen molar-refractivity contribution in [2.24, 2.45) is 11.7 Å². The number of halogens is 1. The van der Waals surface area contributed by atoms with E-state index in [1.165, 1.54) is 25.7 Å². The van der Waals surface area contributed by atoms with Gasteiger partial charge in [0.15, 0.2) is 0 Å². The molecule has 1 aromatic carbocycles. The topological polar surface area (TPSA) is 59.1 Å². The molecule has 3 nitrogen and oxygen atoms in total. The molecule has 4 heteroatoms. The minimum absolute atomic E-state index is 0.0167. The van der Waals surface area contributed by atoms with Crippen molar-refractivity contribution in [1.82, 2.24) is 0 Å². The van der Waals surface area contributed by atoms with Gasteiger partial charge < -0.3 is 10.5 Å². The molecule has 0 spiro atoms. The summed E-state index contributed by atoms with van der Waals surface area (Å²) in [5.74, 6) is 1.27. The Morgan fingerprint density at radius 2 is 2.12 bits per heavy atom. The van der Waals surface area contributed by atoms with Crippen LogP contribution in [0.25, 0.3) is 0 Å². The summed E-state index contributed by atoms with van der Waals surface area (Å²) in [4.78, 5) is 0. The van der Waals surface area contributed by atoms with Gasteiger partial charge in [-0.15, -0.1) is 0 Å². The molecule has 0 atom stereocenters. The van der Waals surface area contributed by atoms with Crippen LogP contribution in [0.5, 0.6) is 5.75 Å². The van der Waals surface area contributed by atoms with Crippen LogP contribution in [-0.4, -0.2) is 12.4 Å². The van der Waals surface area contributed by atoms with Gasteiger partial charge in [0.2, 0.25) is 0 Å². The Morgan fingerprint density at radius 1 is 1.41 bits per heavy atom. The molecule has 0 amide bonds. The van der Waals surface area contributed by atoms with Crippen LogP contribution in [0.3, 0.4) is 0 Å². The number of hydrogen-bond acceptors (Lipinski definition) is 2. The average molecular weight is 253 g/mol. The van der Waals surface area contributed by atoms with Gasteiger partial charge in [-0.2, -0.15) is 0 Å². The Bertz CT molecular complexity index is 414. The fourth-order valence-electron chi connectivity index (χ4n) is 2.22. The van der Waals surface area contributed by atoms with E-state index >= 15 is 0 Å². The lowest BCUT2D eigenvalue weighted by Gasteiger charge is -2.14. The standard InChI is InChI=1S/C13H17ClN2O/c14-10-5-6-11(13(15)16)12(7-10)17-8-9-3-1-2-4-9/h5-7,9H,1-4,8H2,(H3,15,16). The van der Waals surface area contributed by atoms with Crippen LogP contribution in [0.4, 0.5) is 0 Å². The highest BCUT2D eigenvalue weighted by molar-refractivity contribution is 6.30. The second kappa shape index (κ2) is 5.41. The average Bonchev–Trinajstić information content (AvgIpc) is 2.78. The zero-order valence-corrected chi connectivity index (χ0v) is 10.5.